The van der Waals surface area contributed by atoms with Gasteiger partial charge in [-0.2, -0.15) is 5.26 Å². The molecule has 8 nitrogen and oxygen atoms in total. The van der Waals surface area contributed by atoms with Gasteiger partial charge >= 0.3 is 0 Å². The molecular weight excluding hydrogens is 358 g/mol. The summed E-state index contributed by atoms with van der Waals surface area (Å²) >= 11 is 0. The average Bonchev–Trinajstić information content (AvgIpc) is 3.39. The Morgan fingerprint density at radius 2 is 2.07 bits per heavy atom. The maximum Gasteiger partial charge on any atom is 0.283 e. The smallest absolute Gasteiger partial charge is 0.283 e. The zero-order valence-corrected chi connectivity index (χ0v) is 15.8. The van der Waals surface area contributed by atoms with E-state index < -0.39 is 6.04 Å². The molecule has 3 rings (SSSR count). The van der Waals surface area contributed by atoms with Crippen molar-refractivity contribution in [3.8, 4) is 17.7 Å². The van der Waals surface area contributed by atoms with Gasteiger partial charge in [-0.25, -0.2) is 0 Å². The molecule has 3 aromatic rings. The normalized spacial score (nSPS) is 11.9. The Kier molecular flexibility index (Phi) is 6.19. The molecule has 0 bridgehead atoms. The molecule has 2 aromatic heterocycles. The fourth-order valence-electron chi connectivity index (χ4n) is 2.73. The van der Waals surface area contributed by atoms with Gasteiger partial charge in [0, 0.05) is 5.69 Å². The van der Waals surface area contributed by atoms with E-state index in [9.17, 15) is 4.79 Å². The van der Waals surface area contributed by atoms with Crippen molar-refractivity contribution in [2.24, 2.45) is 0 Å². The van der Waals surface area contributed by atoms with Crippen molar-refractivity contribution in [1.82, 2.24) is 15.1 Å². The van der Waals surface area contributed by atoms with Crippen LogP contribution in [0.1, 0.15) is 31.7 Å². The first-order valence-corrected chi connectivity index (χ1v) is 9.02. The largest absolute Gasteiger partial charge is 0.459 e. The van der Waals surface area contributed by atoms with Crippen LogP contribution in [-0.4, -0.2) is 33.6 Å². The highest BCUT2D eigenvalue weighted by molar-refractivity contribution is 5.94. The maximum absolute atomic E-state index is 12.7. The topological polar surface area (TPSA) is 108 Å². The first-order chi connectivity index (χ1) is 13.6. The number of anilines is 1. The van der Waals surface area contributed by atoms with Crippen LogP contribution < -0.4 is 5.32 Å². The number of nitrogens with one attached hydrogen (secondary N) is 1. The molecule has 1 N–H and O–H groups in total. The van der Waals surface area contributed by atoms with E-state index in [4.69, 9.17) is 14.1 Å². The van der Waals surface area contributed by atoms with Gasteiger partial charge in [0.05, 0.1) is 30.5 Å². The van der Waals surface area contributed by atoms with Gasteiger partial charge in [-0.15, -0.1) is 10.2 Å². The molecule has 0 aliphatic heterocycles. The second-order valence-corrected chi connectivity index (χ2v) is 6.30. The standard InChI is InChI=1S/C20H21N5O3/c1-3-10-25(13-18-23-24-20(28-18)17-5-4-11-27-17)14(2)19(26)22-16-8-6-15(12-21)7-9-16/h4-9,11,14H,3,10,13H2,1-2H3,(H,22,26)/t14-/m1/s1. The molecule has 28 heavy (non-hydrogen) atoms. The van der Waals surface area contributed by atoms with Crippen LogP contribution in [0.25, 0.3) is 11.7 Å². The molecule has 0 saturated carbocycles. The van der Waals surface area contributed by atoms with Gasteiger partial charge < -0.3 is 14.2 Å². The number of carbonyl (C=O) groups is 1. The van der Waals surface area contributed by atoms with Crippen LogP contribution in [-0.2, 0) is 11.3 Å². The van der Waals surface area contributed by atoms with E-state index in [1.807, 2.05) is 18.7 Å². The Balaban J connectivity index is 1.66. The Bertz CT molecular complexity index is 941. The Labute approximate surface area is 162 Å². The molecule has 0 aliphatic carbocycles. The molecule has 144 valence electrons. The lowest BCUT2D eigenvalue weighted by Gasteiger charge is -2.26. The second kappa shape index (κ2) is 8.97. The number of amides is 1. The van der Waals surface area contributed by atoms with E-state index in [1.54, 1.807) is 36.4 Å². The summed E-state index contributed by atoms with van der Waals surface area (Å²) in [4.78, 5) is 14.6. The maximum atomic E-state index is 12.7. The Morgan fingerprint density at radius 1 is 1.29 bits per heavy atom. The third-order valence-electron chi connectivity index (χ3n) is 4.26. The molecule has 1 amide bonds. The van der Waals surface area contributed by atoms with Gasteiger partial charge in [-0.05, 0) is 56.3 Å². The number of aromatic nitrogens is 2. The van der Waals surface area contributed by atoms with Crippen LogP contribution in [0.3, 0.4) is 0 Å². The summed E-state index contributed by atoms with van der Waals surface area (Å²) in [5.41, 5.74) is 1.19. The van der Waals surface area contributed by atoms with E-state index in [0.29, 0.717) is 41.9 Å². The van der Waals surface area contributed by atoms with E-state index in [2.05, 4.69) is 21.6 Å². The third-order valence-corrected chi connectivity index (χ3v) is 4.26. The monoisotopic (exact) mass is 379 g/mol. The number of nitriles is 1. The number of carbonyl (C=O) groups excluding carboxylic acids is 1. The molecule has 0 fully saturated rings. The van der Waals surface area contributed by atoms with Crippen molar-refractivity contribution < 1.29 is 13.6 Å². The van der Waals surface area contributed by atoms with E-state index in [1.165, 1.54) is 6.26 Å². The quantitative estimate of drug-likeness (QED) is 0.638. The zero-order chi connectivity index (χ0) is 19.9. The molecule has 0 aliphatic rings. The molecule has 0 saturated heterocycles. The summed E-state index contributed by atoms with van der Waals surface area (Å²) in [6.45, 7) is 4.92. The molecule has 1 atom stereocenters. The summed E-state index contributed by atoms with van der Waals surface area (Å²) in [5, 5.41) is 19.8. The highest BCUT2D eigenvalue weighted by Gasteiger charge is 2.23. The van der Waals surface area contributed by atoms with Gasteiger partial charge in [0.25, 0.3) is 5.89 Å². The lowest BCUT2D eigenvalue weighted by atomic mass is 10.2. The molecular formula is C20H21N5O3. The van der Waals surface area contributed by atoms with Gasteiger partial charge in [0.1, 0.15) is 0 Å². The minimum atomic E-state index is -0.408. The highest BCUT2D eigenvalue weighted by Crippen LogP contribution is 2.19. The van der Waals surface area contributed by atoms with Gasteiger partial charge in [-0.3, -0.25) is 9.69 Å². The molecule has 0 spiro atoms. The van der Waals surface area contributed by atoms with Crippen molar-refractivity contribution in [3.63, 3.8) is 0 Å². The Morgan fingerprint density at radius 3 is 2.71 bits per heavy atom. The molecule has 2 heterocycles. The summed E-state index contributed by atoms with van der Waals surface area (Å²) in [6.07, 6.45) is 2.41. The van der Waals surface area contributed by atoms with Crippen LogP contribution >= 0.6 is 0 Å². The molecule has 8 heteroatoms. The summed E-state index contributed by atoms with van der Waals surface area (Å²) < 4.78 is 10.9. The van der Waals surface area contributed by atoms with E-state index in [0.717, 1.165) is 6.42 Å². The average molecular weight is 379 g/mol. The zero-order valence-electron chi connectivity index (χ0n) is 15.8. The van der Waals surface area contributed by atoms with Crippen LogP contribution in [0.15, 0.2) is 51.5 Å². The number of hydrogen-bond donors (Lipinski definition) is 1. The fraction of sp³-hybridized carbons (Fsp3) is 0.300. The lowest BCUT2D eigenvalue weighted by molar-refractivity contribution is -0.121. The van der Waals surface area contributed by atoms with Gasteiger partial charge in [0.2, 0.25) is 11.8 Å². The minimum Gasteiger partial charge on any atom is -0.459 e. The molecule has 0 unspecified atom stereocenters. The summed E-state index contributed by atoms with van der Waals surface area (Å²) in [5.74, 6) is 1.08. The fourth-order valence-corrected chi connectivity index (χ4v) is 2.73. The van der Waals surface area contributed by atoms with Crippen molar-refractivity contribution in [1.29, 1.82) is 5.26 Å². The van der Waals surface area contributed by atoms with Crippen molar-refractivity contribution in [3.05, 3.63) is 54.1 Å². The lowest BCUT2D eigenvalue weighted by Crippen LogP contribution is -2.42. The second-order valence-electron chi connectivity index (χ2n) is 6.30. The van der Waals surface area contributed by atoms with Crippen LogP contribution in [0, 0.1) is 11.3 Å². The van der Waals surface area contributed by atoms with Crippen molar-refractivity contribution in [2.75, 3.05) is 11.9 Å². The Hall–Kier alpha value is -3.44. The predicted octanol–water partition coefficient (Wildman–Crippen LogP) is 3.44. The molecule has 1 aromatic carbocycles. The summed E-state index contributed by atoms with van der Waals surface area (Å²) in [7, 11) is 0. The molecule has 0 radical (unpaired) electrons. The number of nitrogens with zero attached hydrogens (tertiary/aromatic N) is 4. The van der Waals surface area contributed by atoms with Crippen LogP contribution in [0.5, 0.6) is 0 Å². The predicted molar refractivity (Wildman–Crippen MR) is 102 cm³/mol. The van der Waals surface area contributed by atoms with Crippen molar-refractivity contribution in [2.45, 2.75) is 32.9 Å². The number of benzene rings is 1. The van der Waals surface area contributed by atoms with Gasteiger partial charge in [0.15, 0.2) is 5.76 Å². The van der Waals surface area contributed by atoms with Crippen LogP contribution in [0.2, 0.25) is 0 Å². The van der Waals surface area contributed by atoms with Crippen LogP contribution in [0.4, 0.5) is 5.69 Å². The first kappa shape index (κ1) is 19.3. The van der Waals surface area contributed by atoms with E-state index in [-0.39, 0.29) is 5.91 Å². The summed E-state index contributed by atoms with van der Waals surface area (Å²) in [6, 6.07) is 11.9. The highest BCUT2D eigenvalue weighted by atomic mass is 16.4. The third kappa shape index (κ3) is 4.64. The van der Waals surface area contributed by atoms with Gasteiger partial charge in [-0.1, -0.05) is 6.92 Å². The number of rotatable bonds is 8. The minimum absolute atomic E-state index is 0.149. The van der Waals surface area contributed by atoms with E-state index >= 15 is 0 Å². The SMILES string of the molecule is CCCN(Cc1nnc(-c2ccco2)o1)[C@H](C)C(=O)Nc1ccc(C#N)cc1. The number of furan rings is 1. The first-order valence-electron chi connectivity index (χ1n) is 9.02. The number of hydrogen-bond acceptors (Lipinski definition) is 7. The van der Waals surface area contributed by atoms with Crippen molar-refractivity contribution >= 4 is 11.6 Å².